The van der Waals surface area contributed by atoms with E-state index in [9.17, 15) is 9.90 Å². The summed E-state index contributed by atoms with van der Waals surface area (Å²) < 4.78 is 5.45. The molecule has 23 heavy (non-hydrogen) atoms. The molecule has 0 unspecified atom stereocenters. The normalized spacial score (nSPS) is 19.4. The predicted molar refractivity (Wildman–Crippen MR) is 88.4 cm³/mol. The van der Waals surface area contributed by atoms with E-state index in [0.717, 1.165) is 44.5 Å². The Morgan fingerprint density at radius 3 is 2.87 bits per heavy atom. The van der Waals surface area contributed by atoms with E-state index < -0.39 is 0 Å². The van der Waals surface area contributed by atoms with Crippen LogP contribution in [0.2, 0.25) is 0 Å². The average molecular weight is 318 g/mol. The maximum atomic E-state index is 13.0. The number of carbonyl (C=O) groups is 1. The third-order valence-electron chi connectivity index (χ3n) is 4.96. The smallest absolute Gasteiger partial charge is 0.254 e. The third kappa shape index (κ3) is 3.74. The molecule has 3 rings (SSSR count). The van der Waals surface area contributed by atoms with Gasteiger partial charge in [-0.3, -0.25) is 4.79 Å². The van der Waals surface area contributed by atoms with E-state index in [1.807, 2.05) is 23.1 Å². The Balaban J connectivity index is 1.77. The van der Waals surface area contributed by atoms with Crippen LogP contribution in [0.3, 0.4) is 0 Å². The lowest BCUT2D eigenvalue weighted by Gasteiger charge is -2.37. The summed E-state index contributed by atoms with van der Waals surface area (Å²) >= 11 is 0. The van der Waals surface area contributed by atoms with Gasteiger partial charge in [-0.15, -0.1) is 0 Å². The maximum absolute atomic E-state index is 13.0. The van der Waals surface area contributed by atoms with E-state index in [2.05, 4.69) is 11.9 Å². The van der Waals surface area contributed by atoms with E-state index in [4.69, 9.17) is 4.74 Å². The fraction of sp³-hybridized carbons (Fsp3) is 0.611. The minimum Gasteiger partial charge on any atom is -0.395 e. The zero-order valence-electron chi connectivity index (χ0n) is 13.8. The first-order chi connectivity index (χ1) is 11.2. The lowest BCUT2D eigenvalue weighted by Crippen LogP contribution is -2.47. The highest BCUT2D eigenvalue weighted by atomic mass is 16.5. The average Bonchev–Trinajstić information content (AvgIpc) is 2.59. The molecular weight excluding hydrogens is 292 g/mol. The van der Waals surface area contributed by atoms with E-state index in [1.54, 1.807) is 0 Å². The summed E-state index contributed by atoms with van der Waals surface area (Å²) in [4.78, 5) is 17.1. The summed E-state index contributed by atoms with van der Waals surface area (Å²) in [5, 5.41) is 9.39. The Bertz CT molecular complexity index is 553. The molecule has 2 heterocycles. The molecule has 126 valence electrons. The first-order valence-electron chi connectivity index (χ1n) is 8.49. The van der Waals surface area contributed by atoms with Gasteiger partial charge in [-0.2, -0.15) is 0 Å². The van der Waals surface area contributed by atoms with Crippen molar-refractivity contribution in [2.75, 3.05) is 39.9 Å². The molecule has 5 heteroatoms. The molecule has 1 aromatic carbocycles. The summed E-state index contributed by atoms with van der Waals surface area (Å²) in [5.74, 6) is 0.0443. The third-order valence-corrected chi connectivity index (χ3v) is 4.96. The van der Waals surface area contributed by atoms with Crippen molar-refractivity contribution in [3.05, 3.63) is 34.9 Å². The van der Waals surface area contributed by atoms with Crippen molar-refractivity contribution in [1.82, 2.24) is 9.80 Å². The van der Waals surface area contributed by atoms with Crippen LogP contribution in [0.4, 0.5) is 0 Å². The minimum atomic E-state index is 0.0108. The van der Waals surface area contributed by atoms with Crippen LogP contribution in [0.15, 0.2) is 18.2 Å². The van der Waals surface area contributed by atoms with Gasteiger partial charge >= 0.3 is 0 Å². The molecule has 1 saturated heterocycles. The summed E-state index contributed by atoms with van der Waals surface area (Å²) in [6.45, 7) is 3.78. The number of nitrogens with zero attached hydrogens (tertiary/aromatic N) is 2. The molecule has 0 aliphatic carbocycles. The lowest BCUT2D eigenvalue weighted by molar-refractivity contribution is 0.0539. The molecule has 0 atom stereocenters. The largest absolute Gasteiger partial charge is 0.395 e. The van der Waals surface area contributed by atoms with Crippen molar-refractivity contribution in [3.63, 3.8) is 0 Å². The summed E-state index contributed by atoms with van der Waals surface area (Å²) in [5.41, 5.74) is 3.13. The summed E-state index contributed by atoms with van der Waals surface area (Å²) in [7, 11) is 2.11. The van der Waals surface area contributed by atoms with Crippen molar-refractivity contribution < 1.29 is 14.6 Å². The number of ether oxygens (including phenoxy) is 1. The van der Waals surface area contributed by atoms with Crippen molar-refractivity contribution >= 4 is 5.91 Å². The molecular formula is C18H26N2O3. The molecule has 1 N–H and O–H groups in total. The van der Waals surface area contributed by atoms with E-state index in [-0.39, 0.29) is 18.6 Å². The number of hydrogen-bond donors (Lipinski definition) is 1. The van der Waals surface area contributed by atoms with Gasteiger partial charge in [0.1, 0.15) is 0 Å². The Kier molecular flexibility index (Phi) is 5.30. The minimum absolute atomic E-state index is 0.0108. The Hall–Kier alpha value is -1.43. The van der Waals surface area contributed by atoms with Crippen molar-refractivity contribution in [2.45, 2.75) is 31.9 Å². The molecule has 0 radical (unpaired) electrons. The number of carbonyl (C=O) groups excluding carboxylic acids is 1. The van der Waals surface area contributed by atoms with Crippen LogP contribution < -0.4 is 0 Å². The van der Waals surface area contributed by atoms with Crippen molar-refractivity contribution in [3.8, 4) is 0 Å². The van der Waals surface area contributed by atoms with E-state index >= 15 is 0 Å². The molecule has 0 aromatic heterocycles. The van der Waals surface area contributed by atoms with Crippen LogP contribution in [-0.4, -0.2) is 66.8 Å². The fourth-order valence-electron chi connectivity index (χ4n) is 3.53. The van der Waals surface area contributed by atoms with Crippen LogP contribution in [-0.2, 0) is 17.8 Å². The van der Waals surface area contributed by atoms with Crippen LogP contribution in [0.5, 0.6) is 0 Å². The number of amides is 1. The molecule has 2 aliphatic heterocycles. The van der Waals surface area contributed by atoms with Gasteiger partial charge < -0.3 is 19.6 Å². The zero-order valence-corrected chi connectivity index (χ0v) is 13.8. The van der Waals surface area contributed by atoms with Gasteiger partial charge in [0, 0.05) is 18.2 Å². The first kappa shape index (κ1) is 16.4. The molecule has 2 aliphatic rings. The van der Waals surface area contributed by atoms with Crippen LogP contribution >= 0.6 is 0 Å². The highest BCUT2D eigenvalue weighted by Crippen LogP contribution is 2.22. The zero-order chi connectivity index (χ0) is 16.2. The van der Waals surface area contributed by atoms with Gasteiger partial charge in [-0.05, 0) is 62.7 Å². The predicted octanol–water partition coefficient (Wildman–Crippen LogP) is 1.29. The first-order valence-corrected chi connectivity index (χ1v) is 8.49. The molecule has 0 saturated carbocycles. The Labute approximate surface area is 137 Å². The summed E-state index contributed by atoms with van der Waals surface area (Å²) in [6.07, 6.45) is 2.81. The number of benzene rings is 1. The lowest BCUT2D eigenvalue weighted by atomic mass is 9.98. The highest BCUT2D eigenvalue weighted by Gasteiger charge is 2.27. The number of rotatable bonds is 4. The van der Waals surface area contributed by atoms with Gasteiger partial charge in [-0.25, -0.2) is 0 Å². The second-order valence-electron chi connectivity index (χ2n) is 6.54. The molecule has 1 amide bonds. The second kappa shape index (κ2) is 7.43. The number of aliphatic hydroxyl groups is 1. The van der Waals surface area contributed by atoms with Crippen molar-refractivity contribution in [1.29, 1.82) is 0 Å². The standard InChI is InChI=1S/C18H26N2O3/c1-19-7-4-17(5-8-19)20(9-10-21)18(22)15-2-3-16-13-23-11-6-14(16)12-15/h2-3,12,17,21H,4-11,13H2,1H3. The van der Waals surface area contributed by atoms with Crippen LogP contribution in [0.1, 0.15) is 34.3 Å². The Morgan fingerprint density at radius 2 is 2.13 bits per heavy atom. The summed E-state index contributed by atoms with van der Waals surface area (Å²) in [6, 6.07) is 6.15. The van der Waals surface area contributed by atoms with Crippen LogP contribution in [0.25, 0.3) is 0 Å². The monoisotopic (exact) mass is 318 g/mol. The SMILES string of the molecule is CN1CCC(N(CCO)C(=O)c2ccc3c(c2)CCOC3)CC1. The number of piperidine rings is 1. The van der Waals surface area contributed by atoms with Gasteiger partial charge in [0.2, 0.25) is 0 Å². The fourth-order valence-corrected chi connectivity index (χ4v) is 3.53. The molecule has 1 aromatic rings. The number of hydrogen-bond acceptors (Lipinski definition) is 4. The van der Waals surface area contributed by atoms with E-state index in [1.165, 1.54) is 11.1 Å². The maximum Gasteiger partial charge on any atom is 0.254 e. The van der Waals surface area contributed by atoms with Gasteiger partial charge in [0.05, 0.1) is 19.8 Å². The van der Waals surface area contributed by atoms with Gasteiger partial charge in [-0.1, -0.05) is 6.07 Å². The molecule has 5 nitrogen and oxygen atoms in total. The van der Waals surface area contributed by atoms with Crippen LogP contribution in [0, 0.1) is 0 Å². The Morgan fingerprint density at radius 1 is 1.35 bits per heavy atom. The van der Waals surface area contributed by atoms with E-state index in [0.29, 0.717) is 13.2 Å². The molecule has 0 spiro atoms. The topological polar surface area (TPSA) is 53.0 Å². The number of fused-ring (bicyclic) bond motifs is 1. The quantitative estimate of drug-likeness (QED) is 0.909. The molecule has 1 fully saturated rings. The highest BCUT2D eigenvalue weighted by molar-refractivity contribution is 5.94. The number of aliphatic hydroxyl groups excluding tert-OH is 1. The number of likely N-dealkylation sites (tertiary alicyclic amines) is 1. The van der Waals surface area contributed by atoms with Crippen molar-refractivity contribution in [2.24, 2.45) is 0 Å². The second-order valence-corrected chi connectivity index (χ2v) is 6.54. The van der Waals surface area contributed by atoms with Gasteiger partial charge in [0.15, 0.2) is 0 Å². The van der Waals surface area contributed by atoms with Gasteiger partial charge in [0.25, 0.3) is 5.91 Å². The molecule has 0 bridgehead atoms.